The van der Waals surface area contributed by atoms with E-state index in [0.717, 1.165) is 30.4 Å². The fraction of sp³-hybridized carbons (Fsp3) is 0.263. The number of hydrogen-bond donors (Lipinski definition) is 1. The molecule has 1 heterocycles. The molecule has 0 spiro atoms. The Balaban J connectivity index is 1.85. The summed E-state index contributed by atoms with van der Waals surface area (Å²) in [6.45, 7) is 2.57. The number of hydrogen-bond acceptors (Lipinski definition) is 3. The summed E-state index contributed by atoms with van der Waals surface area (Å²) < 4.78 is 5.72. The van der Waals surface area contributed by atoms with E-state index in [4.69, 9.17) is 9.84 Å². The van der Waals surface area contributed by atoms with E-state index in [-0.39, 0.29) is 5.91 Å². The summed E-state index contributed by atoms with van der Waals surface area (Å²) in [5.41, 5.74) is 3.75. The van der Waals surface area contributed by atoms with Gasteiger partial charge >= 0.3 is 5.97 Å². The molecular formula is C19H19NO4. The first kappa shape index (κ1) is 16.1. The molecular weight excluding hydrogens is 306 g/mol. The lowest BCUT2D eigenvalue weighted by atomic mass is 9.95. The number of carboxylic acid groups (broad SMARTS) is 1. The lowest BCUT2D eigenvalue weighted by Gasteiger charge is -2.30. The van der Waals surface area contributed by atoms with Crippen molar-refractivity contribution in [1.29, 1.82) is 0 Å². The van der Waals surface area contributed by atoms with Gasteiger partial charge in [-0.25, -0.2) is 4.79 Å². The molecule has 1 aliphatic heterocycles. The van der Waals surface area contributed by atoms with E-state index in [1.54, 1.807) is 11.8 Å². The van der Waals surface area contributed by atoms with Crippen molar-refractivity contribution in [2.45, 2.75) is 19.8 Å². The summed E-state index contributed by atoms with van der Waals surface area (Å²) in [6.07, 6.45) is 10.0. The van der Waals surface area contributed by atoms with Crippen molar-refractivity contribution in [2.75, 3.05) is 18.1 Å². The van der Waals surface area contributed by atoms with E-state index < -0.39 is 5.97 Å². The Hall–Kier alpha value is -2.82. The van der Waals surface area contributed by atoms with E-state index in [9.17, 15) is 9.59 Å². The number of anilines is 1. The Labute approximate surface area is 140 Å². The third-order valence-corrected chi connectivity index (χ3v) is 4.09. The smallest absolute Gasteiger partial charge is 0.328 e. The predicted octanol–water partition coefficient (Wildman–Crippen LogP) is 2.65. The molecule has 0 unspecified atom stereocenters. The molecule has 0 saturated carbocycles. The first-order valence-corrected chi connectivity index (χ1v) is 7.89. The van der Waals surface area contributed by atoms with Gasteiger partial charge in [0.05, 0.1) is 12.2 Å². The normalized spacial score (nSPS) is 16.5. The Morgan fingerprint density at radius 2 is 1.88 bits per heavy atom. The number of benzene rings is 1. The Morgan fingerprint density at radius 1 is 1.17 bits per heavy atom. The second-order valence-electron chi connectivity index (χ2n) is 5.87. The van der Waals surface area contributed by atoms with Gasteiger partial charge in [-0.05, 0) is 48.6 Å². The number of aliphatic carboxylic acids is 1. The number of fused-ring (bicyclic) bond motifs is 2. The molecule has 0 fully saturated rings. The standard InChI is InChI=1S/C19H19NO4/c1-13(10-19(22)23)6-7-18(21)20-8-9-24-17-12-15-5-3-2-4-14(15)11-16(17)20/h2-3,6-7,10-12H,4-5,8-9H2,1H3,(H,22,23). The number of carbonyl (C=O) groups excluding carboxylic acids is 1. The Kier molecular flexibility index (Phi) is 4.51. The third kappa shape index (κ3) is 3.40. The number of ether oxygens (including phenoxy) is 1. The van der Waals surface area contributed by atoms with Gasteiger partial charge in [-0.2, -0.15) is 0 Å². The fourth-order valence-electron chi connectivity index (χ4n) is 2.91. The predicted molar refractivity (Wildman–Crippen MR) is 91.4 cm³/mol. The van der Waals surface area contributed by atoms with Crippen LogP contribution in [0.1, 0.15) is 18.1 Å². The van der Waals surface area contributed by atoms with Crippen LogP contribution in [-0.2, 0) is 22.4 Å². The van der Waals surface area contributed by atoms with Crippen molar-refractivity contribution >= 4 is 17.6 Å². The average molecular weight is 325 g/mol. The molecule has 24 heavy (non-hydrogen) atoms. The van der Waals surface area contributed by atoms with Crippen LogP contribution in [0.5, 0.6) is 5.75 Å². The molecule has 1 amide bonds. The summed E-state index contributed by atoms with van der Waals surface area (Å²) in [7, 11) is 0. The van der Waals surface area contributed by atoms with Crippen LogP contribution in [0.15, 0.2) is 48.1 Å². The molecule has 2 aliphatic rings. The van der Waals surface area contributed by atoms with Gasteiger partial charge in [0.1, 0.15) is 12.4 Å². The highest BCUT2D eigenvalue weighted by Crippen LogP contribution is 2.36. The van der Waals surface area contributed by atoms with Gasteiger partial charge in [0.25, 0.3) is 5.91 Å². The van der Waals surface area contributed by atoms with Crippen molar-refractivity contribution in [1.82, 2.24) is 0 Å². The molecule has 0 aromatic heterocycles. The van der Waals surface area contributed by atoms with E-state index in [2.05, 4.69) is 12.2 Å². The average Bonchev–Trinajstić information content (AvgIpc) is 2.56. The highest BCUT2D eigenvalue weighted by Gasteiger charge is 2.24. The van der Waals surface area contributed by atoms with Gasteiger partial charge in [-0.15, -0.1) is 0 Å². The van der Waals surface area contributed by atoms with Gasteiger partial charge in [0.2, 0.25) is 0 Å². The number of carboxylic acids is 1. The summed E-state index contributed by atoms with van der Waals surface area (Å²) in [6, 6.07) is 4.05. The molecule has 1 N–H and O–H groups in total. The highest BCUT2D eigenvalue weighted by molar-refractivity contribution is 6.03. The van der Waals surface area contributed by atoms with Crippen LogP contribution < -0.4 is 9.64 Å². The largest absolute Gasteiger partial charge is 0.490 e. The molecule has 1 aromatic carbocycles. The molecule has 5 heteroatoms. The highest BCUT2D eigenvalue weighted by atomic mass is 16.5. The zero-order valence-corrected chi connectivity index (χ0v) is 13.5. The maximum absolute atomic E-state index is 12.5. The summed E-state index contributed by atoms with van der Waals surface area (Å²) in [5.74, 6) is -0.472. The number of amides is 1. The molecule has 0 bridgehead atoms. The summed E-state index contributed by atoms with van der Waals surface area (Å²) in [4.78, 5) is 24.8. The molecule has 1 aliphatic carbocycles. The van der Waals surface area contributed by atoms with Gasteiger partial charge < -0.3 is 14.7 Å². The van der Waals surface area contributed by atoms with E-state index in [1.165, 1.54) is 23.3 Å². The van der Waals surface area contributed by atoms with Gasteiger partial charge in [-0.1, -0.05) is 18.2 Å². The number of carbonyl (C=O) groups is 2. The monoisotopic (exact) mass is 325 g/mol. The molecule has 3 rings (SSSR count). The Bertz CT molecular complexity index is 774. The van der Waals surface area contributed by atoms with Crippen molar-refractivity contribution < 1.29 is 19.4 Å². The first-order valence-electron chi connectivity index (χ1n) is 7.89. The van der Waals surface area contributed by atoms with Crippen LogP contribution in [-0.4, -0.2) is 30.1 Å². The topological polar surface area (TPSA) is 66.8 Å². The summed E-state index contributed by atoms with van der Waals surface area (Å²) >= 11 is 0. The van der Waals surface area contributed by atoms with Crippen molar-refractivity contribution in [3.63, 3.8) is 0 Å². The zero-order valence-electron chi connectivity index (χ0n) is 13.5. The van der Waals surface area contributed by atoms with Crippen molar-refractivity contribution in [2.24, 2.45) is 0 Å². The zero-order chi connectivity index (χ0) is 17.1. The minimum atomic E-state index is -1.03. The van der Waals surface area contributed by atoms with Gasteiger partial charge in [0, 0.05) is 12.2 Å². The van der Waals surface area contributed by atoms with Crippen molar-refractivity contribution in [3.8, 4) is 5.75 Å². The molecule has 1 aromatic rings. The third-order valence-electron chi connectivity index (χ3n) is 4.09. The maximum atomic E-state index is 12.5. The lowest BCUT2D eigenvalue weighted by Crippen LogP contribution is -2.37. The van der Waals surface area contributed by atoms with E-state index >= 15 is 0 Å². The number of nitrogens with zero attached hydrogens (tertiary/aromatic N) is 1. The second kappa shape index (κ2) is 6.74. The van der Waals surface area contributed by atoms with Crippen LogP contribution in [0.3, 0.4) is 0 Å². The van der Waals surface area contributed by atoms with Crippen LogP contribution in [0.2, 0.25) is 0 Å². The van der Waals surface area contributed by atoms with Crippen LogP contribution in [0.25, 0.3) is 0 Å². The maximum Gasteiger partial charge on any atom is 0.328 e. The van der Waals surface area contributed by atoms with Gasteiger partial charge in [-0.3, -0.25) is 4.79 Å². The fourth-order valence-corrected chi connectivity index (χ4v) is 2.91. The quantitative estimate of drug-likeness (QED) is 0.527. The molecule has 0 atom stereocenters. The SMILES string of the molecule is CC(C=CC(=O)N1CCOc2cc3c(cc21)CC=CC3)=CC(=O)O. The minimum Gasteiger partial charge on any atom is -0.490 e. The number of rotatable bonds is 3. The lowest BCUT2D eigenvalue weighted by molar-refractivity contribution is -0.131. The van der Waals surface area contributed by atoms with Gasteiger partial charge in [0.15, 0.2) is 0 Å². The van der Waals surface area contributed by atoms with E-state index in [1.807, 2.05) is 12.1 Å². The minimum absolute atomic E-state index is 0.177. The summed E-state index contributed by atoms with van der Waals surface area (Å²) in [5, 5.41) is 8.71. The van der Waals surface area contributed by atoms with E-state index in [0.29, 0.717) is 18.7 Å². The second-order valence-corrected chi connectivity index (χ2v) is 5.87. The van der Waals surface area contributed by atoms with Crippen molar-refractivity contribution in [3.05, 3.63) is 59.2 Å². The molecule has 124 valence electrons. The van der Waals surface area contributed by atoms with Crippen LogP contribution in [0, 0.1) is 0 Å². The van der Waals surface area contributed by atoms with Crippen LogP contribution >= 0.6 is 0 Å². The molecule has 5 nitrogen and oxygen atoms in total. The van der Waals surface area contributed by atoms with Crippen LogP contribution in [0.4, 0.5) is 5.69 Å². The first-order chi connectivity index (χ1) is 11.5. The molecule has 0 saturated heterocycles. The Morgan fingerprint density at radius 3 is 2.58 bits per heavy atom. The number of allylic oxidation sites excluding steroid dienone is 4. The molecule has 0 radical (unpaired) electrons.